The largest absolute Gasteiger partial charge is 0.507 e. The molecule has 0 bridgehead atoms. The van der Waals surface area contributed by atoms with Gasteiger partial charge in [-0.1, -0.05) is 60.7 Å². The maximum absolute atomic E-state index is 12.3. The van der Waals surface area contributed by atoms with Crippen LogP contribution in [0.5, 0.6) is 11.5 Å². The highest BCUT2D eigenvalue weighted by atomic mass is 16.3. The zero-order valence-electron chi connectivity index (χ0n) is 19.5. The van der Waals surface area contributed by atoms with Crippen molar-refractivity contribution in [1.82, 2.24) is 0 Å². The Bertz CT molecular complexity index is 1520. The molecule has 0 radical (unpaired) electrons. The summed E-state index contributed by atoms with van der Waals surface area (Å²) in [4.78, 5) is 49.1. The van der Waals surface area contributed by atoms with Crippen LogP contribution in [0.25, 0.3) is 0 Å². The molecule has 6 heteroatoms. The van der Waals surface area contributed by atoms with E-state index >= 15 is 0 Å². The molecule has 6 nitrogen and oxygen atoms in total. The summed E-state index contributed by atoms with van der Waals surface area (Å²) in [5, 5.41) is 20.0. The zero-order valence-corrected chi connectivity index (χ0v) is 19.5. The van der Waals surface area contributed by atoms with Gasteiger partial charge in [-0.3, -0.25) is 19.2 Å². The van der Waals surface area contributed by atoms with Crippen LogP contribution < -0.4 is 0 Å². The molecule has 0 atom stereocenters. The molecule has 0 saturated carbocycles. The fraction of sp³-hybridized carbons (Fsp3) is 0.0667. The van der Waals surface area contributed by atoms with Gasteiger partial charge in [-0.25, -0.2) is 0 Å². The molecule has 0 unspecified atom stereocenters. The SMILES string of the molecule is Cc1ccc2c(c1O)C(=O)c1ccccc1C2=O.Cc1ccc2c(c1O)C(=O)c1ccccc1C2=O. The molecule has 0 aromatic heterocycles. The van der Waals surface area contributed by atoms with Gasteiger partial charge in [0.05, 0.1) is 11.1 Å². The molecule has 6 rings (SSSR count). The van der Waals surface area contributed by atoms with Gasteiger partial charge in [0.25, 0.3) is 0 Å². The fourth-order valence-corrected chi connectivity index (χ4v) is 4.55. The zero-order chi connectivity index (χ0) is 25.7. The van der Waals surface area contributed by atoms with Gasteiger partial charge in [-0.15, -0.1) is 0 Å². The Hall–Kier alpha value is -4.84. The first-order chi connectivity index (χ1) is 17.2. The van der Waals surface area contributed by atoms with E-state index < -0.39 is 0 Å². The van der Waals surface area contributed by atoms with E-state index in [4.69, 9.17) is 0 Å². The minimum absolute atomic E-state index is 0.0969. The van der Waals surface area contributed by atoms with E-state index in [1.807, 2.05) is 0 Å². The highest BCUT2D eigenvalue weighted by Crippen LogP contribution is 2.35. The number of phenolic OH excluding ortho intramolecular Hbond substituents is 2. The van der Waals surface area contributed by atoms with Gasteiger partial charge >= 0.3 is 0 Å². The van der Waals surface area contributed by atoms with E-state index in [9.17, 15) is 29.4 Å². The topological polar surface area (TPSA) is 109 Å². The lowest BCUT2D eigenvalue weighted by Crippen LogP contribution is -2.21. The lowest BCUT2D eigenvalue weighted by atomic mass is 9.83. The number of fused-ring (bicyclic) bond motifs is 4. The first kappa shape index (κ1) is 22.9. The number of carbonyl (C=O) groups is 4. The minimum Gasteiger partial charge on any atom is -0.507 e. The summed E-state index contributed by atoms with van der Waals surface area (Å²) in [6, 6.07) is 19.9. The van der Waals surface area contributed by atoms with Crippen LogP contribution in [-0.2, 0) is 0 Å². The third kappa shape index (κ3) is 3.34. The van der Waals surface area contributed by atoms with Crippen molar-refractivity contribution in [2.24, 2.45) is 0 Å². The third-order valence-electron chi connectivity index (χ3n) is 6.54. The average Bonchev–Trinajstić information content (AvgIpc) is 2.89. The van der Waals surface area contributed by atoms with Crippen molar-refractivity contribution in [3.05, 3.63) is 128 Å². The smallest absolute Gasteiger partial charge is 0.198 e. The molecule has 0 fully saturated rings. The number of hydrogen-bond acceptors (Lipinski definition) is 6. The Balaban J connectivity index is 0.000000148. The lowest BCUT2D eigenvalue weighted by molar-refractivity contribution is 0.0976. The lowest BCUT2D eigenvalue weighted by Gasteiger charge is -2.18. The molecule has 0 aliphatic heterocycles. The first-order valence-corrected chi connectivity index (χ1v) is 11.2. The van der Waals surface area contributed by atoms with Gasteiger partial charge in [-0.05, 0) is 37.1 Å². The molecule has 0 spiro atoms. The van der Waals surface area contributed by atoms with E-state index in [1.165, 1.54) is 0 Å². The summed E-state index contributed by atoms with van der Waals surface area (Å²) >= 11 is 0. The van der Waals surface area contributed by atoms with E-state index in [0.29, 0.717) is 33.4 Å². The number of benzene rings is 4. The van der Waals surface area contributed by atoms with E-state index in [-0.39, 0.29) is 56.9 Å². The second kappa shape index (κ2) is 8.43. The fourth-order valence-electron chi connectivity index (χ4n) is 4.55. The molecule has 4 aromatic rings. The van der Waals surface area contributed by atoms with Crippen LogP contribution in [0.4, 0.5) is 0 Å². The predicted molar refractivity (Wildman–Crippen MR) is 132 cm³/mol. The van der Waals surface area contributed by atoms with Gasteiger partial charge in [0.2, 0.25) is 0 Å². The van der Waals surface area contributed by atoms with Crippen LogP contribution in [0.15, 0.2) is 72.8 Å². The van der Waals surface area contributed by atoms with Gasteiger partial charge in [0.1, 0.15) is 11.5 Å². The van der Waals surface area contributed by atoms with Crippen LogP contribution in [0.2, 0.25) is 0 Å². The Morgan fingerprint density at radius 3 is 1.06 bits per heavy atom. The first-order valence-electron chi connectivity index (χ1n) is 11.2. The Labute approximate surface area is 206 Å². The maximum atomic E-state index is 12.3. The number of ketones is 4. The maximum Gasteiger partial charge on any atom is 0.198 e. The highest BCUT2D eigenvalue weighted by Gasteiger charge is 2.33. The second-order valence-corrected chi connectivity index (χ2v) is 8.71. The number of phenols is 2. The molecule has 4 aromatic carbocycles. The van der Waals surface area contributed by atoms with Crippen molar-refractivity contribution < 1.29 is 29.4 Å². The third-order valence-corrected chi connectivity index (χ3v) is 6.54. The van der Waals surface area contributed by atoms with E-state index in [2.05, 4.69) is 0 Å². The summed E-state index contributed by atoms with van der Waals surface area (Å²) in [5.74, 6) is -1.20. The van der Waals surface area contributed by atoms with Crippen LogP contribution >= 0.6 is 0 Å². The van der Waals surface area contributed by atoms with Crippen LogP contribution in [0.3, 0.4) is 0 Å². The van der Waals surface area contributed by atoms with E-state index in [1.54, 1.807) is 86.6 Å². The predicted octanol–water partition coefficient (Wildman–Crippen LogP) is 4.95. The summed E-state index contributed by atoms with van der Waals surface area (Å²) in [7, 11) is 0. The highest BCUT2D eigenvalue weighted by molar-refractivity contribution is 6.30. The van der Waals surface area contributed by atoms with Crippen molar-refractivity contribution >= 4 is 23.1 Å². The molecular formula is C30H20O6. The molecule has 2 aliphatic carbocycles. The van der Waals surface area contributed by atoms with Crippen molar-refractivity contribution in [1.29, 1.82) is 0 Å². The summed E-state index contributed by atoms with van der Waals surface area (Å²) < 4.78 is 0. The Morgan fingerprint density at radius 1 is 0.417 bits per heavy atom. The van der Waals surface area contributed by atoms with Crippen molar-refractivity contribution in [3.8, 4) is 11.5 Å². The monoisotopic (exact) mass is 476 g/mol. The normalized spacial score (nSPS) is 13.2. The average molecular weight is 476 g/mol. The van der Waals surface area contributed by atoms with Crippen molar-refractivity contribution in [2.75, 3.05) is 0 Å². The number of rotatable bonds is 0. The van der Waals surface area contributed by atoms with Crippen LogP contribution in [0.1, 0.15) is 74.8 Å². The molecule has 2 N–H and O–H groups in total. The standard InChI is InChI=1S/2C15H10O3/c2*1-8-6-7-11-12(13(8)16)15(18)10-5-3-2-4-9(10)14(11)17/h2*2-7,16H,1H3. The quantitative estimate of drug-likeness (QED) is 0.321. The Morgan fingerprint density at radius 2 is 0.722 bits per heavy atom. The van der Waals surface area contributed by atoms with Crippen LogP contribution in [0, 0.1) is 13.8 Å². The molecule has 0 saturated heterocycles. The summed E-state index contributed by atoms with van der Waals surface area (Å²) in [6.45, 7) is 3.40. The number of carbonyl (C=O) groups excluding carboxylic acids is 4. The summed E-state index contributed by atoms with van der Waals surface area (Å²) in [6.07, 6.45) is 0. The van der Waals surface area contributed by atoms with Crippen molar-refractivity contribution in [3.63, 3.8) is 0 Å². The Kier molecular flexibility index (Phi) is 5.37. The van der Waals surface area contributed by atoms with Crippen LogP contribution in [-0.4, -0.2) is 33.3 Å². The van der Waals surface area contributed by atoms with Gasteiger partial charge in [-0.2, -0.15) is 0 Å². The molecule has 36 heavy (non-hydrogen) atoms. The number of aromatic hydroxyl groups is 2. The number of hydrogen-bond donors (Lipinski definition) is 2. The van der Waals surface area contributed by atoms with Crippen molar-refractivity contribution in [2.45, 2.75) is 13.8 Å². The van der Waals surface area contributed by atoms with Gasteiger partial charge in [0, 0.05) is 33.4 Å². The van der Waals surface area contributed by atoms with E-state index in [0.717, 1.165) is 0 Å². The number of aryl methyl sites for hydroxylation is 2. The van der Waals surface area contributed by atoms with Gasteiger partial charge in [0.15, 0.2) is 23.1 Å². The minimum atomic E-state index is -0.290. The molecule has 0 amide bonds. The summed E-state index contributed by atoms with van der Waals surface area (Å²) in [5.41, 5.74) is 3.51. The molecule has 176 valence electrons. The molecule has 2 aliphatic rings. The molecule has 0 heterocycles. The second-order valence-electron chi connectivity index (χ2n) is 8.71. The van der Waals surface area contributed by atoms with Gasteiger partial charge < -0.3 is 10.2 Å². The molecular weight excluding hydrogens is 456 g/mol.